The summed E-state index contributed by atoms with van der Waals surface area (Å²) in [6, 6.07) is 0. The number of hydrogen-bond donors (Lipinski definition) is 0. The summed E-state index contributed by atoms with van der Waals surface area (Å²) in [7, 11) is 0. The van der Waals surface area contributed by atoms with Crippen molar-refractivity contribution in [1.29, 1.82) is 0 Å². The van der Waals surface area contributed by atoms with Gasteiger partial charge < -0.3 is 14.4 Å². The maximum absolute atomic E-state index is 5.45. The number of ether oxygens (including phenoxy) is 2. The van der Waals surface area contributed by atoms with Crippen LogP contribution < -0.4 is 0 Å². The second kappa shape index (κ2) is 10.6. The maximum Gasteiger partial charge on any atom is 0.157 e. The van der Waals surface area contributed by atoms with E-state index in [1.165, 1.54) is 77.4 Å². The third-order valence-corrected chi connectivity index (χ3v) is 4.98. The van der Waals surface area contributed by atoms with Crippen molar-refractivity contribution < 1.29 is 9.47 Å². The number of likely N-dealkylation sites (tertiary alicyclic amines) is 1. The molecule has 2 fully saturated rings. The molecule has 2 rings (SSSR count). The van der Waals surface area contributed by atoms with E-state index in [9.17, 15) is 0 Å². The topological polar surface area (TPSA) is 21.7 Å². The molecule has 0 amide bonds. The quantitative estimate of drug-likeness (QED) is 0.564. The van der Waals surface area contributed by atoms with Gasteiger partial charge in [0.15, 0.2) is 6.29 Å². The fourth-order valence-corrected chi connectivity index (χ4v) is 3.39. The van der Waals surface area contributed by atoms with E-state index < -0.39 is 0 Å². The Labute approximate surface area is 131 Å². The monoisotopic (exact) mass is 297 g/mol. The van der Waals surface area contributed by atoms with Crippen LogP contribution in [-0.4, -0.2) is 44.0 Å². The third-order valence-electron chi connectivity index (χ3n) is 4.98. The first-order valence-electron chi connectivity index (χ1n) is 9.30. The molecule has 21 heavy (non-hydrogen) atoms. The minimum Gasteiger partial charge on any atom is -0.350 e. The molecule has 3 heteroatoms. The molecule has 0 aliphatic carbocycles. The van der Waals surface area contributed by atoms with Gasteiger partial charge in [-0.25, -0.2) is 0 Å². The number of rotatable bonds is 10. The van der Waals surface area contributed by atoms with Gasteiger partial charge in [0.2, 0.25) is 0 Å². The summed E-state index contributed by atoms with van der Waals surface area (Å²) in [5.74, 6) is 0.960. The van der Waals surface area contributed by atoms with Crippen molar-refractivity contribution in [2.75, 3.05) is 32.8 Å². The molecule has 0 aromatic heterocycles. The van der Waals surface area contributed by atoms with Crippen molar-refractivity contribution in [2.24, 2.45) is 5.92 Å². The molecule has 2 saturated heterocycles. The second-order valence-corrected chi connectivity index (χ2v) is 6.96. The van der Waals surface area contributed by atoms with Crippen molar-refractivity contribution in [3.63, 3.8) is 0 Å². The zero-order valence-electron chi connectivity index (χ0n) is 14.0. The van der Waals surface area contributed by atoms with E-state index in [1.807, 2.05) is 0 Å². The Kier molecular flexibility index (Phi) is 8.68. The Morgan fingerprint density at radius 2 is 1.38 bits per heavy atom. The number of nitrogens with zero attached hydrogens (tertiary/aromatic N) is 1. The highest BCUT2D eigenvalue weighted by molar-refractivity contribution is 4.69. The van der Waals surface area contributed by atoms with Gasteiger partial charge in [0.05, 0.1) is 13.2 Å². The van der Waals surface area contributed by atoms with Gasteiger partial charge in [0.1, 0.15) is 0 Å². The minimum atomic E-state index is 0.109. The summed E-state index contributed by atoms with van der Waals surface area (Å²) in [6.07, 6.45) is 13.6. The highest BCUT2D eigenvalue weighted by Crippen LogP contribution is 2.17. The van der Waals surface area contributed by atoms with Crippen LogP contribution in [-0.2, 0) is 9.47 Å². The van der Waals surface area contributed by atoms with Gasteiger partial charge >= 0.3 is 0 Å². The van der Waals surface area contributed by atoms with E-state index in [-0.39, 0.29) is 6.29 Å². The third kappa shape index (κ3) is 7.62. The molecule has 0 spiro atoms. The summed E-state index contributed by atoms with van der Waals surface area (Å²) in [6.45, 7) is 7.99. The first-order valence-corrected chi connectivity index (χ1v) is 9.30. The predicted octanol–water partition coefficient (Wildman–Crippen LogP) is 4.21. The average molecular weight is 297 g/mol. The van der Waals surface area contributed by atoms with E-state index >= 15 is 0 Å². The predicted molar refractivity (Wildman–Crippen MR) is 87.5 cm³/mol. The lowest BCUT2D eigenvalue weighted by Crippen LogP contribution is -2.33. The van der Waals surface area contributed by atoms with Crippen LogP contribution in [0, 0.1) is 5.92 Å². The summed E-state index contributed by atoms with van der Waals surface area (Å²) in [5, 5.41) is 0. The van der Waals surface area contributed by atoms with E-state index in [0.717, 1.165) is 25.6 Å². The lowest BCUT2D eigenvalue weighted by molar-refractivity contribution is -0.0480. The van der Waals surface area contributed by atoms with Gasteiger partial charge in [0, 0.05) is 0 Å². The van der Waals surface area contributed by atoms with Gasteiger partial charge in [-0.3, -0.25) is 0 Å². The molecule has 0 N–H and O–H groups in total. The van der Waals surface area contributed by atoms with Crippen LogP contribution in [0.3, 0.4) is 0 Å². The van der Waals surface area contributed by atoms with Crippen LogP contribution in [0.2, 0.25) is 0 Å². The molecule has 0 radical (unpaired) electrons. The van der Waals surface area contributed by atoms with Crippen LogP contribution in [0.25, 0.3) is 0 Å². The van der Waals surface area contributed by atoms with Gasteiger partial charge in [-0.05, 0) is 57.7 Å². The zero-order valence-corrected chi connectivity index (χ0v) is 14.0. The first-order chi connectivity index (χ1) is 10.3. The Morgan fingerprint density at radius 3 is 2.05 bits per heavy atom. The summed E-state index contributed by atoms with van der Waals surface area (Å²) < 4.78 is 10.9. The Bertz CT molecular complexity index is 246. The Balaban J connectivity index is 1.30. The van der Waals surface area contributed by atoms with Crippen LogP contribution in [0.1, 0.15) is 71.1 Å². The molecule has 0 atom stereocenters. The van der Waals surface area contributed by atoms with E-state index in [2.05, 4.69) is 11.8 Å². The highest BCUT2D eigenvalue weighted by Gasteiger charge is 2.15. The smallest absolute Gasteiger partial charge is 0.157 e. The Hall–Kier alpha value is -0.120. The van der Waals surface area contributed by atoms with Gasteiger partial charge in [-0.2, -0.15) is 0 Å². The first kappa shape index (κ1) is 17.2. The normalized spacial score (nSPS) is 22.1. The van der Waals surface area contributed by atoms with Crippen LogP contribution >= 0.6 is 0 Å². The summed E-state index contributed by atoms with van der Waals surface area (Å²) >= 11 is 0. The maximum atomic E-state index is 5.45. The van der Waals surface area contributed by atoms with E-state index in [4.69, 9.17) is 9.47 Å². The SMILES string of the molecule is CC1CCN(CCCCCCCCCC2OCCO2)CC1. The molecule has 2 aliphatic heterocycles. The van der Waals surface area contributed by atoms with Gasteiger partial charge in [-0.15, -0.1) is 0 Å². The Morgan fingerprint density at radius 1 is 0.810 bits per heavy atom. The largest absolute Gasteiger partial charge is 0.350 e. The zero-order chi connectivity index (χ0) is 14.8. The molecule has 2 aliphatic rings. The number of unbranched alkanes of at least 4 members (excludes halogenated alkanes) is 6. The lowest BCUT2D eigenvalue weighted by atomic mass is 9.99. The average Bonchev–Trinajstić information content (AvgIpc) is 3.01. The molecule has 0 unspecified atom stereocenters. The molecule has 2 heterocycles. The van der Waals surface area contributed by atoms with Crippen molar-refractivity contribution in [1.82, 2.24) is 4.90 Å². The standard InChI is InChI=1S/C18H35NO2/c1-17-10-13-19(14-11-17)12-8-6-4-2-3-5-7-9-18-20-15-16-21-18/h17-18H,2-16H2,1H3. The summed E-state index contributed by atoms with van der Waals surface area (Å²) in [4.78, 5) is 2.67. The lowest BCUT2D eigenvalue weighted by Gasteiger charge is -2.30. The van der Waals surface area contributed by atoms with Crippen molar-refractivity contribution >= 4 is 0 Å². The molecule has 0 saturated carbocycles. The van der Waals surface area contributed by atoms with Crippen LogP contribution in [0.5, 0.6) is 0 Å². The van der Waals surface area contributed by atoms with Crippen LogP contribution in [0.15, 0.2) is 0 Å². The second-order valence-electron chi connectivity index (χ2n) is 6.96. The highest BCUT2D eigenvalue weighted by atomic mass is 16.7. The molecule has 0 bridgehead atoms. The number of piperidine rings is 1. The van der Waals surface area contributed by atoms with Gasteiger partial charge in [-0.1, -0.05) is 39.0 Å². The minimum absolute atomic E-state index is 0.109. The number of hydrogen-bond acceptors (Lipinski definition) is 3. The molecule has 0 aromatic carbocycles. The van der Waals surface area contributed by atoms with Gasteiger partial charge in [0.25, 0.3) is 0 Å². The van der Waals surface area contributed by atoms with Crippen LogP contribution in [0.4, 0.5) is 0 Å². The molecule has 3 nitrogen and oxygen atoms in total. The fourth-order valence-electron chi connectivity index (χ4n) is 3.39. The van der Waals surface area contributed by atoms with Crippen molar-refractivity contribution in [2.45, 2.75) is 77.4 Å². The van der Waals surface area contributed by atoms with Crippen molar-refractivity contribution in [3.05, 3.63) is 0 Å². The fraction of sp³-hybridized carbons (Fsp3) is 1.00. The summed E-state index contributed by atoms with van der Waals surface area (Å²) in [5.41, 5.74) is 0. The van der Waals surface area contributed by atoms with E-state index in [1.54, 1.807) is 0 Å². The molecular formula is C18H35NO2. The van der Waals surface area contributed by atoms with E-state index in [0.29, 0.717) is 0 Å². The molecule has 124 valence electrons. The molecule has 0 aromatic rings. The van der Waals surface area contributed by atoms with Crippen molar-refractivity contribution in [3.8, 4) is 0 Å². The molecular weight excluding hydrogens is 262 g/mol.